The van der Waals surface area contributed by atoms with Crippen LogP contribution in [0.15, 0.2) is 0 Å². The summed E-state index contributed by atoms with van der Waals surface area (Å²) in [6, 6.07) is 0. The second-order valence-electron chi connectivity index (χ2n) is 8.26. The summed E-state index contributed by atoms with van der Waals surface area (Å²) in [4.78, 5) is 24.7. The maximum Gasteiger partial charge on any atom is 0.309 e. The van der Waals surface area contributed by atoms with E-state index in [2.05, 4.69) is 27.7 Å². The van der Waals surface area contributed by atoms with E-state index in [1.54, 1.807) is 0 Å². The van der Waals surface area contributed by atoms with Crippen LogP contribution in [-0.4, -0.2) is 25.2 Å². The number of hydrogen-bond donors (Lipinski definition) is 0. The molecule has 0 radical (unpaired) electrons. The fourth-order valence-corrected chi connectivity index (χ4v) is 3.31. The molecule has 1 aliphatic carbocycles. The highest BCUT2D eigenvalue weighted by molar-refractivity contribution is 5.82. The van der Waals surface area contributed by atoms with Gasteiger partial charge in [-0.1, -0.05) is 59.8 Å². The van der Waals surface area contributed by atoms with Crippen LogP contribution in [0.2, 0.25) is 0 Å². The largest absolute Gasteiger partial charge is 0.465 e. The summed E-state index contributed by atoms with van der Waals surface area (Å²) in [7, 11) is 0. The van der Waals surface area contributed by atoms with Crippen molar-refractivity contribution in [3.8, 4) is 0 Å². The molecule has 2 unspecified atom stereocenters. The molecule has 1 saturated carbocycles. The Morgan fingerprint density at radius 3 is 1.80 bits per heavy atom. The molecule has 0 aliphatic heterocycles. The Bertz CT molecular complexity index is 389. The van der Waals surface area contributed by atoms with Crippen molar-refractivity contribution >= 4 is 11.9 Å². The summed E-state index contributed by atoms with van der Waals surface area (Å²) in [5, 5.41) is 0. The van der Waals surface area contributed by atoms with Crippen LogP contribution < -0.4 is 0 Å². The minimum Gasteiger partial charge on any atom is -0.465 e. The number of rotatable bonds is 11. The SMILES string of the molecule is CC(C)CCCCCOC(=O)C1CCCCC1C(=O)OCCC(C)C. The van der Waals surface area contributed by atoms with Gasteiger partial charge in [-0.25, -0.2) is 0 Å². The van der Waals surface area contributed by atoms with Gasteiger partial charge < -0.3 is 9.47 Å². The van der Waals surface area contributed by atoms with E-state index in [4.69, 9.17) is 9.47 Å². The molecule has 4 nitrogen and oxygen atoms in total. The van der Waals surface area contributed by atoms with Crippen molar-refractivity contribution in [2.45, 2.75) is 85.5 Å². The third-order valence-corrected chi connectivity index (χ3v) is 4.98. The van der Waals surface area contributed by atoms with Gasteiger partial charge in [0.15, 0.2) is 0 Å². The lowest BCUT2D eigenvalue weighted by molar-refractivity contribution is -0.163. The number of ether oxygens (including phenoxy) is 2. The molecule has 0 bridgehead atoms. The molecule has 4 heteroatoms. The molecule has 1 fully saturated rings. The molecule has 0 heterocycles. The lowest BCUT2D eigenvalue weighted by Crippen LogP contribution is -2.35. The number of unbranched alkanes of at least 4 members (excludes halogenated alkanes) is 2. The first-order chi connectivity index (χ1) is 11.9. The lowest BCUT2D eigenvalue weighted by Gasteiger charge is -2.28. The molecule has 0 N–H and O–H groups in total. The molecule has 25 heavy (non-hydrogen) atoms. The summed E-state index contributed by atoms with van der Waals surface area (Å²) in [6.07, 6.45) is 8.75. The molecule has 0 saturated heterocycles. The van der Waals surface area contributed by atoms with Gasteiger partial charge in [-0.05, 0) is 37.5 Å². The Hall–Kier alpha value is -1.06. The lowest BCUT2D eigenvalue weighted by atomic mass is 9.79. The van der Waals surface area contributed by atoms with Crippen LogP contribution in [0.5, 0.6) is 0 Å². The summed E-state index contributed by atoms with van der Waals surface area (Å²) >= 11 is 0. The predicted molar refractivity (Wildman–Crippen MR) is 100 cm³/mol. The van der Waals surface area contributed by atoms with Crippen LogP contribution in [-0.2, 0) is 19.1 Å². The highest BCUT2D eigenvalue weighted by Crippen LogP contribution is 2.32. The highest BCUT2D eigenvalue weighted by Gasteiger charge is 2.37. The van der Waals surface area contributed by atoms with Gasteiger partial charge in [0.05, 0.1) is 25.0 Å². The van der Waals surface area contributed by atoms with Crippen molar-refractivity contribution in [3.63, 3.8) is 0 Å². The van der Waals surface area contributed by atoms with E-state index < -0.39 is 0 Å². The molecule has 1 aliphatic rings. The first-order valence-corrected chi connectivity index (χ1v) is 10.2. The van der Waals surface area contributed by atoms with Gasteiger partial charge in [-0.15, -0.1) is 0 Å². The fourth-order valence-electron chi connectivity index (χ4n) is 3.31. The summed E-state index contributed by atoms with van der Waals surface area (Å²) in [5.41, 5.74) is 0. The van der Waals surface area contributed by atoms with Gasteiger partial charge in [-0.3, -0.25) is 9.59 Å². The van der Waals surface area contributed by atoms with Crippen LogP contribution in [0.1, 0.15) is 85.5 Å². The third-order valence-electron chi connectivity index (χ3n) is 4.98. The predicted octanol–water partition coefficient (Wildman–Crippen LogP) is 5.14. The second kappa shape index (κ2) is 12.3. The van der Waals surface area contributed by atoms with Gasteiger partial charge in [0.25, 0.3) is 0 Å². The molecule has 2 atom stereocenters. The maximum absolute atomic E-state index is 12.4. The molecule has 1 rings (SSSR count). The summed E-state index contributed by atoms with van der Waals surface area (Å²) in [6.45, 7) is 9.59. The van der Waals surface area contributed by atoms with Crippen molar-refractivity contribution < 1.29 is 19.1 Å². The zero-order valence-electron chi connectivity index (χ0n) is 16.7. The van der Waals surface area contributed by atoms with Crippen LogP contribution >= 0.6 is 0 Å². The Morgan fingerprint density at radius 2 is 1.28 bits per heavy atom. The summed E-state index contributed by atoms with van der Waals surface area (Å²) < 4.78 is 10.9. The highest BCUT2D eigenvalue weighted by atomic mass is 16.5. The Kier molecular flexibility index (Phi) is 10.8. The van der Waals surface area contributed by atoms with Crippen LogP contribution in [0.4, 0.5) is 0 Å². The number of esters is 2. The Labute approximate surface area is 154 Å². The smallest absolute Gasteiger partial charge is 0.309 e. The fraction of sp³-hybridized carbons (Fsp3) is 0.905. The molecule has 0 amide bonds. The van der Waals surface area contributed by atoms with E-state index in [9.17, 15) is 9.59 Å². The normalized spacial score (nSPS) is 20.7. The monoisotopic (exact) mass is 354 g/mol. The van der Waals surface area contributed by atoms with Crippen LogP contribution in [0.25, 0.3) is 0 Å². The minimum absolute atomic E-state index is 0.200. The number of carbonyl (C=O) groups excluding carboxylic acids is 2. The van der Waals surface area contributed by atoms with Gasteiger partial charge in [-0.2, -0.15) is 0 Å². The third kappa shape index (κ3) is 9.27. The molecule has 0 spiro atoms. The first kappa shape index (κ1) is 22.0. The van der Waals surface area contributed by atoms with E-state index in [0.29, 0.717) is 19.1 Å². The molecule has 0 aromatic heterocycles. The van der Waals surface area contributed by atoms with E-state index in [1.165, 1.54) is 12.8 Å². The number of hydrogen-bond acceptors (Lipinski definition) is 4. The number of carbonyl (C=O) groups is 2. The van der Waals surface area contributed by atoms with E-state index >= 15 is 0 Å². The van der Waals surface area contributed by atoms with Gasteiger partial charge in [0, 0.05) is 0 Å². The maximum atomic E-state index is 12.4. The van der Waals surface area contributed by atoms with Crippen molar-refractivity contribution in [1.29, 1.82) is 0 Å². The molecule has 146 valence electrons. The minimum atomic E-state index is -0.311. The Balaban J connectivity index is 2.33. The van der Waals surface area contributed by atoms with E-state index in [1.807, 2.05) is 0 Å². The molecule has 0 aromatic rings. The van der Waals surface area contributed by atoms with Crippen molar-refractivity contribution in [2.24, 2.45) is 23.7 Å². The van der Waals surface area contributed by atoms with Crippen molar-refractivity contribution in [2.75, 3.05) is 13.2 Å². The molecular weight excluding hydrogens is 316 g/mol. The average Bonchev–Trinajstić information content (AvgIpc) is 2.57. The van der Waals surface area contributed by atoms with Crippen LogP contribution in [0, 0.1) is 23.7 Å². The second-order valence-corrected chi connectivity index (χ2v) is 8.26. The van der Waals surface area contributed by atoms with E-state index in [-0.39, 0.29) is 23.8 Å². The van der Waals surface area contributed by atoms with Gasteiger partial charge in [0.2, 0.25) is 0 Å². The zero-order valence-corrected chi connectivity index (χ0v) is 16.7. The van der Waals surface area contributed by atoms with Crippen molar-refractivity contribution in [1.82, 2.24) is 0 Å². The topological polar surface area (TPSA) is 52.6 Å². The van der Waals surface area contributed by atoms with Gasteiger partial charge in [0.1, 0.15) is 0 Å². The summed E-state index contributed by atoms with van der Waals surface area (Å²) in [5.74, 6) is 0.210. The van der Waals surface area contributed by atoms with Crippen LogP contribution in [0.3, 0.4) is 0 Å². The quantitative estimate of drug-likeness (QED) is 0.381. The average molecular weight is 355 g/mol. The molecule has 0 aromatic carbocycles. The van der Waals surface area contributed by atoms with Gasteiger partial charge >= 0.3 is 11.9 Å². The molecular formula is C21H38O4. The van der Waals surface area contributed by atoms with E-state index in [0.717, 1.165) is 50.9 Å². The van der Waals surface area contributed by atoms with Crippen molar-refractivity contribution in [3.05, 3.63) is 0 Å². The first-order valence-electron chi connectivity index (χ1n) is 10.2. The zero-order chi connectivity index (χ0) is 18.7. The Morgan fingerprint density at radius 1 is 0.760 bits per heavy atom. The standard InChI is InChI=1S/C21H38O4/c1-16(2)10-6-5-9-14-24-20(22)18-11-7-8-12-19(18)21(23)25-15-13-17(3)4/h16-19H,5-15H2,1-4H3.